The van der Waals surface area contributed by atoms with Crippen molar-refractivity contribution in [2.75, 3.05) is 6.61 Å². The number of esters is 1. The van der Waals surface area contributed by atoms with Crippen molar-refractivity contribution in [2.45, 2.75) is 19.1 Å². The number of aliphatic hydroxyl groups is 1. The molecule has 2 rings (SSSR count). The first-order valence-corrected chi connectivity index (χ1v) is 4.82. The van der Waals surface area contributed by atoms with Crippen LogP contribution in [0.2, 0.25) is 0 Å². The second-order valence-electron chi connectivity index (χ2n) is 3.37. The standard InChI is InChI=1S/C11H12O4/c12-7-8-2-1-3-9(6-8)15-10-4-5-14-11(10)13/h1-3,6,10,12H,4-5,7H2. The molecule has 1 aromatic carbocycles. The van der Waals surface area contributed by atoms with Crippen LogP contribution in [0.3, 0.4) is 0 Å². The molecule has 1 atom stereocenters. The molecule has 0 aromatic heterocycles. The molecule has 1 heterocycles. The third-order valence-electron chi connectivity index (χ3n) is 2.25. The lowest BCUT2D eigenvalue weighted by Gasteiger charge is -2.10. The van der Waals surface area contributed by atoms with E-state index in [1.807, 2.05) is 0 Å². The summed E-state index contributed by atoms with van der Waals surface area (Å²) in [7, 11) is 0. The fraction of sp³-hybridized carbons (Fsp3) is 0.364. The number of carbonyl (C=O) groups excluding carboxylic acids is 1. The Morgan fingerprint density at radius 2 is 2.40 bits per heavy atom. The highest BCUT2D eigenvalue weighted by Crippen LogP contribution is 2.18. The fourth-order valence-corrected chi connectivity index (χ4v) is 1.47. The first kappa shape index (κ1) is 9.98. The van der Waals surface area contributed by atoms with Crippen molar-refractivity contribution in [3.63, 3.8) is 0 Å². The largest absolute Gasteiger partial charge is 0.479 e. The predicted molar refractivity (Wildman–Crippen MR) is 52.4 cm³/mol. The van der Waals surface area contributed by atoms with E-state index in [2.05, 4.69) is 0 Å². The van der Waals surface area contributed by atoms with E-state index in [1.165, 1.54) is 0 Å². The molecule has 80 valence electrons. The van der Waals surface area contributed by atoms with Crippen LogP contribution in [0, 0.1) is 0 Å². The van der Waals surface area contributed by atoms with Crippen LogP contribution in [0.15, 0.2) is 24.3 Å². The van der Waals surface area contributed by atoms with Gasteiger partial charge in [0.2, 0.25) is 0 Å². The first-order chi connectivity index (χ1) is 7.29. The molecule has 0 amide bonds. The average molecular weight is 208 g/mol. The van der Waals surface area contributed by atoms with Crippen molar-refractivity contribution in [3.05, 3.63) is 29.8 Å². The summed E-state index contributed by atoms with van der Waals surface area (Å²) >= 11 is 0. The van der Waals surface area contributed by atoms with Crippen LogP contribution in [0.1, 0.15) is 12.0 Å². The minimum atomic E-state index is -0.501. The van der Waals surface area contributed by atoms with E-state index in [0.717, 1.165) is 5.56 Å². The molecule has 1 aromatic rings. The summed E-state index contributed by atoms with van der Waals surface area (Å²) in [5.41, 5.74) is 0.763. The maximum absolute atomic E-state index is 11.1. The summed E-state index contributed by atoms with van der Waals surface area (Å²) in [5.74, 6) is 0.273. The predicted octanol–water partition coefficient (Wildman–Crippen LogP) is 0.873. The number of hydrogen-bond acceptors (Lipinski definition) is 4. The van der Waals surface area contributed by atoms with Gasteiger partial charge in [0.05, 0.1) is 13.2 Å². The fourth-order valence-electron chi connectivity index (χ4n) is 1.47. The van der Waals surface area contributed by atoms with Gasteiger partial charge >= 0.3 is 5.97 Å². The zero-order valence-electron chi connectivity index (χ0n) is 8.18. The van der Waals surface area contributed by atoms with Crippen LogP contribution < -0.4 is 4.74 Å². The van der Waals surface area contributed by atoms with Gasteiger partial charge in [-0.1, -0.05) is 12.1 Å². The molecule has 1 N–H and O–H groups in total. The molecule has 0 bridgehead atoms. The van der Waals surface area contributed by atoms with Crippen LogP contribution in [-0.4, -0.2) is 23.8 Å². The Morgan fingerprint density at radius 3 is 3.07 bits per heavy atom. The highest BCUT2D eigenvalue weighted by Gasteiger charge is 2.28. The zero-order valence-corrected chi connectivity index (χ0v) is 8.18. The molecule has 4 nitrogen and oxygen atoms in total. The van der Waals surface area contributed by atoms with Gasteiger partial charge in [-0.25, -0.2) is 4.79 Å². The van der Waals surface area contributed by atoms with Gasteiger partial charge in [-0.15, -0.1) is 0 Å². The summed E-state index contributed by atoms with van der Waals surface area (Å²) in [5, 5.41) is 8.93. The van der Waals surface area contributed by atoms with Crippen LogP contribution in [-0.2, 0) is 16.1 Å². The molecule has 1 aliphatic rings. The minimum absolute atomic E-state index is 0.0354. The lowest BCUT2D eigenvalue weighted by atomic mass is 10.2. The second kappa shape index (κ2) is 4.31. The van der Waals surface area contributed by atoms with Crippen molar-refractivity contribution >= 4 is 5.97 Å². The Kier molecular flexibility index (Phi) is 2.87. The van der Waals surface area contributed by atoms with E-state index in [1.54, 1.807) is 24.3 Å². The minimum Gasteiger partial charge on any atom is -0.479 e. The number of carbonyl (C=O) groups is 1. The van der Waals surface area contributed by atoms with E-state index in [0.29, 0.717) is 18.8 Å². The Morgan fingerprint density at radius 1 is 1.53 bits per heavy atom. The monoisotopic (exact) mass is 208 g/mol. The van der Waals surface area contributed by atoms with Gasteiger partial charge in [0.15, 0.2) is 6.10 Å². The van der Waals surface area contributed by atoms with Crippen LogP contribution >= 0.6 is 0 Å². The molecule has 0 radical (unpaired) electrons. The number of aliphatic hydroxyl groups excluding tert-OH is 1. The molecule has 0 saturated carbocycles. The summed E-state index contributed by atoms with van der Waals surface area (Å²) in [6.07, 6.45) is 0.0845. The smallest absolute Gasteiger partial charge is 0.347 e. The number of hydrogen-bond donors (Lipinski definition) is 1. The second-order valence-corrected chi connectivity index (χ2v) is 3.37. The van der Waals surface area contributed by atoms with Crippen molar-refractivity contribution in [1.82, 2.24) is 0 Å². The van der Waals surface area contributed by atoms with E-state index in [4.69, 9.17) is 14.6 Å². The third kappa shape index (κ3) is 2.27. The molecule has 1 unspecified atom stereocenters. The van der Waals surface area contributed by atoms with Crippen molar-refractivity contribution in [2.24, 2.45) is 0 Å². The molecule has 1 fully saturated rings. The van der Waals surface area contributed by atoms with Gasteiger partial charge in [-0.05, 0) is 17.7 Å². The number of ether oxygens (including phenoxy) is 2. The lowest BCUT2D eigenvalue weighted by Crippen LogP contribution is -2.21. The zero-order chi connectivity index (χ0) is 10.7. The molecule has 1 aliphatic heterocycles. The van der Waals surface area contributed by atoms with E-state index in [-0.39, 0.29) is 12.6 Å². The van der Waals surface area contributed by atoms with E-state index in [9.17, 15) is 4.79 Å². The summed E-state index contributed by atoms with van der Waals surface area (Å²) in [4.78, 5) is 11.1. The number of rotatable bonds is 3. The first-order valence-electron chi connectivity index (χ1n) is 4.82. The van der Waals surface area contributed by atoms with E-state index < -0.39 is 6.10 Å². The Bertz CT molecular complexity index is 361. The number of benzene rings is 1. The Hall–Kier alpha value is -1.55. The molecular formula is C11H12O4. The Balaban J connectivity index is 2.06. The van der Waals surface area contributed by atoms with Crippen molar-refractivity contribution in [1.29, 1.82) is 0 Å². The lowest BCUT2D eigenvalue weighted by molar-refractivity contribution is -0.143. The van der Waals surface area contributed by atoms with Gasteiger partial charge in [0, 0.05) is 6.42 Å². The molecular weight excluding hydrogens is 196 g/mol. The van der Waals surface area contributed by atoms with Gasteiger partial charge < -0.3 is 14.6 Å². The van der Waals surface area contributed by atoms with Crippen LogP contribution in [0.4, 0.5) is 0 Å². The van der Waals surface area contributed by atoms with Crippen molar-refractivity contribution in [3.8, 4) is 5.75 Å². The average Bonchev–Trinajstić information content (AvgIpc) is 2.65. The quantitative estimate of drug-likeness (QED) is 0.749. The summed E-state index contributed by atoms with van der Waals surface area (Å²) in [6, 6.07) is 7.04. The molecule has 4 heteroatoms. The number of cyclic esters (lactones) is 1. The third-order valence-corrected chi connectivity index (χ3v) is 2.25. The van der Waals surface area contributed by atoms with Gasteiger partial charge in [0.1, 0.15) is 5.75 Å². The Labute approximate surface area is 87.4 Å². The molecule has 15 heavy (non-hydrogen) atoms. The maximum atomic E-state index is 11.1. The molecule has 1 saturated heterocycles. The summed E-state index contributed by atoms with van der Waals surface area (Å²) in [6.45, 7) is 0.384. The summed E-state index contributed by atoms with van der Waals surface area (Å²) < 4.78 is 10.2. The topological polar surface area (TPSA) is 55.8 Å². The molecule has 0 aliphatic carbocycles. The van der Waals surface area contributed by atoms with Crippen molar-refractivity contribution < 1.29 is 19.4 Å². The van der Waals surface area contributed by atoms with Gasteiger partial charge in [-0.3, -0.25) is 0 Å². The van der Waals surface area contributed by atoms with Crippen LogP contribution in [0.25, 0.3) is 0 Å². The highest BCUT2D eigenvalue weighted by atomic mass is 16.6. The van der Waals surface area contributed by atoms with Crippen LogP contribution in [0.5, 0.6) is 5.75 Å². The maximum Gasteiger partial charge on any atom is 0.347 e. The molecule has 0 spiro atoms. The SMILES string of the molecule is O=C1OCCC1Oc1cccc(CO)c1. The van der Waals surface area contributed by atoms with E-state index >= 15 is 0 Å². The highest BCUT2D eigenvalue weighted by molar-refractivity contribution is 5.76. The van der Waals surface area contributed by atoms with Gasteiger partial charge in [-0.2, -0.15) is 0 Å². The normalized spacial score (nSPS) is 20.1. The van der Waals surface area contributed by atoms with Gasteiger partial charge in [0.25, 0.3) is 0 Å².